The Kier molecular flexibility index (Phi) is 9.34. The number of halogens is 2. The summed E-state index contributed by atoms with van der Waals surface area (Å²) in [6, 6.07) is 13.3. The van der Waals surface area contributed by atoms with Crippen LogP contribution in [0.25, 0.3) is 0 Å². The van der Waals surface area contributed by atoms with Crippen LogP contribution in [-0.2, 0) is 28.7 Å². The van der Waals surface area contributed by atoms with Gasteiger partial charge in [-0.1, -0.05) is 18.2 Å². The smallest absolute Gasteiger partial charge is 0.191 e. The van der Waals surface area contributed by atoms with Gasteiger partial charge in [0.15, 0.2) is 15.8 Å². The van der Waals surface area contributed by atoms with E-state index in [1.54, 1.807) is 19.2 Å². The van der Waals surface area contributed by atoms with E-state index in [2.05, 4.69) is 21.7 Å². The van der Waals surface area contributed by atoms with Gasteiger partial charge in [0.1, 0.15) is 5.82 Å². The average Bonchev–Trinajstić information content (AvgIpc) is 2.63. The van der Waals surface area contributed by atoms with E-state index in [9.17, 15) is 12.8 Å². The minimum atomic E-state index is -3.23. The first-order valence-corrected chi connectivity index (χ1v) is 10.3. The zero-order chi connectivity index (χ0) is 19.9. The second-order valence-corrected chi connectivity index (χ2v) is 8.21. The number of nitrogens with one attached hydrogen (secondary N) is 2. The molecule has 0 saturated heterocycles. The van der Waals surface area contributed by atoms with E-state index in [-0.39, 0.29) is 36.3 Å². The lowest BCUT2D eigenvalue weighted by Crippen LogP contribution is -2.36. The number of hydrogen-bond donors (Lipinski definition) is 2. The molecular formula is C19H22FIN4O2S. The summed E-state index contributed by atoms with van der Waals surface area (Å²) < 4.78 is 36.7. The highest BCUT2D eigenvalue weighted by atomic mass is 127. The van der Waals surface area contributed by atoms with Gasteiger partial charge in [0, 0.05) is 26.4 Å². The molecule has 0 unspecified atom stereocenters. The summed E-state index contributed by atoms with van der Waals surface area (Å²) in [5.41, 5.74) is 2.67. The molecule has 150 valence electrons. The van der Waals surface area contributed by atoms with E-state index in [0.29, 0.717) is 29.2 Å². The second kappa shape index (κ2) is 11.0. The Morgan fingerprint density at radius 1 is 1.11 bits per heavy atom. The SMILES string of the molecule is CN=C(NCc1ccc(C#N)cc1)NCc1cc(F)ccc1CS(C)(=O)=O.I. The maximum absolute atomic E-state index is 13.6. The molecule has 0 aliphatic carbocycles. The van der Waals surface area contributed by atoms with E-state index in [1.165, 1.54) is 18.2 Å². The Labute approximate surface area is 181 Å². The average molecular weight is 516 g/mol. The highest BCUT2D eigenvalue weighted by Gasteiger charge is 2.11. The van der Waals surface area contributed by atoms with E-state index < -0.39 is 15.7 Å². The van der Waals surface area contributed by atoms with Crippen LogP contribution in [0, 0.1) is 17.1 Å². The zero-order valence-corrected chi connectivity index (χ0v) is 18.7. The summed E-state index contributed by atoms with van der Waals surface area (Å²) in [6.45, 7) is 0.723. The molecule has 0 amide bonds. The van der Waals surface area contributed by atoms with E-state index in [1.807, 2.05) is 12.1 Å². The number of hydrogen-bond acceptors (Lipinski definition) is 4. The molecule has 0 aliphatic rings. The van der Waals surface area contributed by atoms with Crippen LogP contribution < -0.4 is 10.6 Å². The van der Waals surface area contributed by atoms with Crippen LogP contribution in [0.3, 0.4) is 0 Å². The van der Waals surface area contributed by atoms with Gasteiger partial charge in [0.05, 0.1) is 17.4 Å². The topological polar surface area (TPSA) is 94.3 Å². The van der Waals surface area contributed by atoms with Crippen molar-refractivity contribution < 1.29 is 12.8 Å². The van der Waals surface area contributed by atoms with Crippen molar-refractivity contribution >= 4 is 39.8 Å². The molecule has 0 bridgehead atoms. The van der Waals surface area contributed by atoms with E-state index >= 15 is 0 Å². The van der Waals surface area contributed by atoms with Crippen LogP contribution in [0.4, 0.5) is 4.39 Å². The van der Waals surface area contributed by atoms with Gasteiger partial charge in [-0.2, -0.15) is 5.26 Å². The lowest BCUT2D eigenvalue weighted by atomic mass is 10.1. The number of rotatable bonds is 6. The van der Waals surface area contributed by atoms with Gasteiger partial charge >= 0.3 is 0 Å². The molecule has 9 heteroatoms. The zero-order valence-electron chi connectivity index (χ0n) is 15.6. The van der Waals surface area contributed by atoms with Crippen LogP contribution in [0.1, 0.15) is 22.3 Å². The maximum Gasteiger partial charge on any atom is 0.191 e. The van der Waals surface area contributed by atoms with Crippen molar-refractivity contribution in [2.45, 2.75) is 18.8 Å². The molecule has 0 aliphatic heterocycles. The summed E-state index contributed by atoms with van der Waals surface area (Å²) in [5, 5.41) is 15.0. The van der Waals surface area contributed by atoms with Gasteiger partial charge in [-0.25, -0.2) is 12.8 Å². The van der Waals surface area contributed by atoms with Crippen LogP contribution >= 0.6 is 24.0 Å². The minimum absolute atomic E-state index is 0. The number of benzene rings is 2. The van der Waals surface area contributed by atoms with E-state index in [4.69, 9.17) is 5.26 Å². The normalized spacial score (nSPS) is 11.3. The Hall–Kier alpha value is -2.19. The van der Waals surface area contributed by atoms with Crippen molar-refractivity contribution in [1.82, 2.24) is 10.6 Å². The van der Waals surface area contributed by atoms with Crippen molar-refractivity contribution in [2.24, 2.45) is 4.99 Å². The predicted molar refractivity (Wildman–Crippen MR) is 119 cm³/mol. The third-order valence-electron chi connectivity index (χ3n) is 3.80. The van der Waals surface area contributed by atoms with Crippen LogP contribution in [0.5, 0.6) is 0 Å². The van der Waals surface area contributed by atoms with Crippen LogP contribution in [0.15, 0.2) is 47.5 Å². The molecule has 0 heterocycles. The fourth-order valence-electron chi connectivity index (χ4n) is 2.46. The van der Waals surface area contributed by atoms with Crippen molar-refractivity contribution in [1.29, 1.82) is 5.26 Å². The first-order valence-electron chi connectivity index (χ1n) is 8.19. The summed E-state index contributed by atoms with van der Waals surface area (Å²) in [4.78, 5) is 4.11. The first-order chi connectivity index (χ1) is 12.8. The monoisotopic (exact) mass is 516 g/mol. The molecule has 28 heavy (non-hydrogen) atoms. The van der Waals surface area contributed by atoms with Gasteiger partial charge in [-0.05, 0) is 41.0 Å². The molecule has 0 fully saturated rings. The fourth-order valence-corrected chi connectivity index (χ4v) is 3.31. The Morgan fingerprint density at radius 3 is 2.32 bits per heavy atom. The Morgan fingerprint density at radius 2 is 1.75 bits per heavy atom. The van der Waals surface area contributed by atoms with E-state index in [0.717, 1.165) is 11.8 Å². The quantitative estimate of drug-likeness (QED) is 0.350. The number of nitriles is 1. The number of sulfone groups is 1. The van der Waals surface area contributed by atoms with Crippen molar-refractivity contribution in [3.63, 3.8) is 0 Å². The highest BCUT2D eigenvalue weighted by Crippen LogP contribution is 2.14. The molecule has 0 saturated carbocycles. The molecule has 2 aromatic rings. The molecule has 0 atom stereocenters. The summed E-state index contributed by atoms with van der Waals surface area (Å²) in [5.74, 6) is -0.0832. The molecule has 0 spiro atoms. The van der Waals surface area contributed by atoms with Gasteiger partial charge in [0.25, 0.3) is 0 Å². The first kappa shape index (κ1) is 23.8. The lowest BCUT2D eigenvalue weighted by molar-refractivity contribution is 0.599. The van der Waals surface area contributed by atoms with Crippen molar-refractivity contribution in [3.8, 4) is 6.07 Å². The summed E-state index contributed by atoms with van der Waals surface area (Å²) in [7, 11) is -1.62. The largest absolute Gasteiger partial charge is 0.352 e. The molecular weight excluding hydrogens is 494 g/mol. The predicted octanol–water partition coefficient (Wildman–Crippen LogP) is 2.73. The standard InChI is InChI=1S/C19H21FN4O2S.HI/c1-22-19(23-11-15-5-3-14(10-21)4-6-15)24-12-17-9-18(20)8-7-16(17)13-27(2,25)26;/h3-9H,11-13H2,1-2H3,(H2,22,23,24);1H. The molecule has 0 radical (unpaired) electrons. The van der Waals surface area contributed by atoms with Gasteiger partial charge in [0.2, 0.25) is 0 Å². The fraction of sp³-hybridized carbons (Fsp3) is 0.263. The third kappa shape index (κ3) is 7.82. The highest BCUT2D eigenvalue weighted by molar-refractivity contribution is 14.0. The Bertz CT molecular complexity index is 970. The molecule has 0 aromatic heterocycles. The number of nitrogens with zero attached hydrogens (tertiary/aromatic N) is 2. The van der Waals surface area contributed by atoms with Gasteiger partial charge in [-0.15, -0.1) is 24.0 Å². The third-order valence-corrected chi connectivity index (χ3v) is 4.63. The Balaban J connectivity index is 0.00000392. The molecule has 6 nitrogen and oxygen atoms in total. The lowest BCUT2D eigenvalue weighted by Gasteiger charge is -2.14. The molecule has 2 rings (SSSR count). The van der Waals surface area contributed by atoms with Crippen LogP contribution in [-0.4, -0.2) is 27.7 Å². The number of guanidine groups is 1. The molecule has 2 aromatic carbocycles. The molecule has 2 N–H and O–H groups in total. The van der Waals surface area contributed by atoms with Crippen LogP contribution in [0.2, 0.25) is 0 Å². The van der Waals surface area contributed by atoms with Crippen molar-refractivity contribution in [2.75, 3.05) is 13.3 Å². The van der Waals surface area contributed by atoms with Crippen molar-refractivity contribution in [3.05, 3.63) is 70.5 Å². The summed E-state index contributed by atoms with van der Waals surface area (Å²) in [6.07, 6.45) is 1.14. The summed E-state index contributed by atoms with van der Waals surface area (Å²) >= 11 is 0. The maximum atomic E-state index is 13.6. The second-order valence-electron chi connectivity index (χ2n) is 6.07. The van der Waals surface area contributed by atoms with Gasteiger partial charge < -0.3 is 10.6 Å². The van der Waals surface area contributed by atoms with Gasteiger partial charge in [-0.3, -0.25) is 4.99 Å². The number of aliphatic imine (C=N–C) groups is 1. The minimum Gasteiger partial charge on any atom is -0.352 e.